The summed E-state index contributed by atoms with van der Waals surface area (Å²) in [5.41, 5.74) is 8.03. The van der Waals surface area contributed by atoms with Crippen LogP contribution in [0, 0.1) is 6.92 Å². The van der Waals surface area contributed by atoms with Gasteiger partial charge in [-0.1, -0.05) is 24.3 Å². The lowest BCUT2D eigenvalue weighted by Crippen LogP contribution is -2.13. The molecule has 0 aliphatic heterocycles. The average molecular weight is 361 g/mol. The minimum atomic E-state index is -0.808. The molecule has 1 amide bonds. The molecule has 0 aliphatic carbocycles. The Morgan fingerprint density at radius 2 is 1.67 bits per heavy atom. The zero-order valence-electron chi connectivity index (χ0n) is 14.6. The number of hydrogen-bond acceptors (Lipinski definition) is 6. The number of primary amides is 1. The molecular weight excluding hydrogens is 346 g/mol. The Kier molecular flexibility index (Phi) is 3.66. The Bertz CT molecular complexity index is 1280. The number of esters is 1. The van der Waals surface area contributed by atoms with Crippen molar-refractivity contribution in [3.8, 4) is 5.75 Å². The van der Waals surface area contributed by atoms with E-state index in [1.165, 1.54) is 7.11 Å². The Morgan fingerprint density at radius 3 is 2.33 bits per heavy atom. The van der Waals surface area contributed by atoms with Gasteiger partial charge in [-0.25, -0.2) is 14.8 Å². The van der Waals surface area contributed by atoms with Crippen LogP contribution in [0.2, 0.25) is 0 Å². The van der Waals surface area contributed by atoms with Crippen LogP contribution in [0.4, 0.5) is 0 Å². The van der Waals surface area contributed by atoms with Gasteiger partial charge in [0, 0.05) is 10.8 Å². The topological polar surface area (TPSA) is 115 Å². The van der Waals surface area contributed by atoms with Gasteiger partial charge in [0.05, 0.1) is 29.2 Å². The molecule has 0 fully saturated rings. The molecule has 134 valence electrons. The summed E-state index contributed by atoms with van der Waals surface area (Å²) in [5, 5.41) is 11.7. The van der Waals surface area contributed by atoms with E-state index in [1.807, 2.05) is 6.07 Å². The summed E-state index contributed by atoms with van der Waals surface area (Å²) in [5.74, 6) is -1.54. The Balaban J connectivity index is 2.21. The van der Waals surface area contributed by atoms with E-state index in [0.717, 1.165) is 0 Å². The lowest BCUT2D eigenvalue weighted by atomic mass is 10.0. The largest absolute Gasteiger partial charge is 0.506 e. The number of fused-ring (bicyclic) bond motifs is 4. The van der Waals surface area contributed by atoms with E-state index in [9.17, 15) is 14.7 Å². The smallest absolute Gasteiger partial charge is 0.338 e. The second-order valence-corrected chi connectivity index (χ2v) is 6.20. The van der Waals surface area contributed by atoms with Gasteiger partial charge in [0.1, 0.15) is 16.8 Å². The first kappa shape index (κ1) is 16.7. The predicted octanol–water partition coefficient (Wildman–Crippen LogP) is 2.84. The summed E-state index contributed by atoms with van der Waals surface area (Å²) in [4.78, 5) is 33.1. The highest BCUT2D eigenvalue weighted by atomic mass is 16.5. The molecule has 0 aliphatic rings. The summed E-state index contributed by atoms with van der Waals surface area (Å²) in [6.45, 7) is 1.78. The molecule has 0 bridgehead atoms. The van der Waals surface area contributed by atoms with Crippen molar-refractivity contribution in [3.63, 3.8) is 0 Å². The van der Waals surface area contributed by atoms with Gasteiger partial charge >= 0.3 is 5.97 Å². The molecule has 0 spiro atoms. The van der Waals surface area contributed by atoms with Crippen molar-refractivity contribution in [3.05, 3.63) is 53.1 Å². The van der Waals surface area contributed by atoms with Crippen LogP contribution in [-0.2, 0) is 4.74 Å². The number of nitrogens with zero attached hydrogens (tertiary/aromatic N) is 2. The molecule has 7 heteroatoms. The van der Waals surface area contributed by atoms with Gasteiger partial charge < -0.3 is 15.6 Å². The highest BCUT2D eigenvalue weighted by molar-refractivity contribution is 6.18. The maximum absolute atomic E-state index is 12.0. The molecule has 0 atom stereocenters. The first-order chi connectivity index (χ1) is 12.9. The number of amides is 1. The average Bonchev–Trinajstić information content (AvgIpc) is 2.66. The lowest BCUT2D eigenvalue weighted by molar-refractivity contribution is 0.0600. The minimum absolute atomic E-state index is 0.0988. The van der Waals surface area contributed by atoms with Crippen molar-refractivity contribution >= 4 is 44.7 Å². The number of aromatic nitrogens is 2. The van der Waals surface area contributed by atoms with Gasteiger partial charge in [0.2, 0.25) is 0 Å². The number of nitrogens with two attached hydrogens (primary N) is 1. The van der Waals surface area contributed by atoms with Crippen molar-refractivity contribution in [2.24, 2.45) is 5.73 Å². The van der Waals surface area contributed by atoms with E-state index in [1.54, 1.807) is 37.3 Å². The molecule has 1 aromatic heterocycles. The summed E-state index contributed by atoms with van der Waals surface area (Å²) in [7, 11) is 1.30. The molecule has 4 rings (SSSR count). The summed E-state index contributed by atoms with van der Waals surface area (Å²) in [6, 6.07) is 10.3. The fourth-order valence-corrected chi connectivity index (χ4v) is 3.28. The summed E-state index contributed by atoms with van der Waals surface area (Å²) >= 11 is 0. The monoisotopic (exact) mass is 361 g/mol. The predicted molar refractivity (Wildman–Crippen MR) is 101 cm³/mol. The Hall–Kier alpha value is -3.74. The van der Waals surface area contributed by atoms with Crippen LogP contribution >= 0.6 is 0 Å². The van der Waals surface area contributed by atoms with Gasteiger partial charge in [0.15, 0.2) is 0 Å². The number of ether oxygens (including phenoxy) is 1. The number of hydrogen-bond donors (Lipinski definition) is 2. The molecular formula is C20H15N3O4. The van der Waals surface area contributed by atoms with E-state index in [-0.39, 0.29) is 16.8 Å². The number of phenols is 1. The standard InChI is InChI=1S/C20H15N3O4/c1-9-7-13-14(8-12(9)20(26)27-2)23-17-15(19(21)25)18(24)11-6-4-3-5-10(11)16(17)22-13/h3-8,24H,1-2H3,(H2,21,25). The number of aromatic hydroxyl groups is 1. The van der Waals surface area contributed by atoms with Crippen molar-refractivity contribution < 1.29 is 19.4 Å². The third kappa shape index (κ3) is 2.43. The Labute approximate surface area is 153 Å². The quantitative estimate of drug-likeness (QED) is 0.322. The molecule has 3 aromatic carbocycles. The van der Waals surface area contributed by atoms with E-state index >= 15 is 0 Å². The van der Waals surface area contributed by atoms with Crippen molar-refractivity contribution in [1.29, 1.82) is 0 Å². The summed E-state index contributed by atoms with van der Waals surface area (Å²) in [6.07, 6.45) is 0. The number of methoxy groups -OCH3 is 1. The SMILES string of the molecule is COC(=O)c1cc2nc3c(C(N)=O)c(O)c4ccccc4c3nc2cc1C. The number of carbonyl (C=O) groups is 2. The van der Waals surface area contributed by atoms with Crippen LogP contribution in [0.15, 0.2) is 36.4 Å². The van der Waals surface area contributed by atoms with E-state index in [0.29, 0.717) is 38.4 Å². The molecule has 0 saturated carbocycles. The normalized spacial score (nSPS) is 11.2. The summed E-state index contributed by atoms with van der Waals surface area (Å²) < 4.78 is 4.79. The highest BCUT2D eigenvalue weighted by Crippen LogP contribution is 2.36. The second kappa shape index (κ2) is 5.91. The van der Waals surface area contributed by atoms with Crippen molar-refractivity contribution in [1.82, 2.24) is 9.97 Å². The maximum Gasteiger partial charge on any atom is 0.338 e. The first-order valence-electron chi connectivity index (χ1n) is 8.16. The second-order valence-electron chi connectivity index (χ2n) is 6.20. The van der Waals surface area contributed by atoms with E-state index < -0.39 is 11.9 Å². The van der Waals surface area contributed by atoms with E-state index in [2.05, 4.69) is 9.97 Å². The third-order valence-corrected chi connectivity index (χ3v) is 4.57. The molecule has 4 aromatic rings. The molecule has 0 radical (unpaired) electrons. The lowest BCUT2D eigenvalue weighted by Gasteiger charge is -2.12. The van der Waals surface area contributed by atoms with Gasteiger partial charge in [-0.2, -0.15) is 0 Å². The van der Waals surface area contributed by atoms with Crippen LogP contribution in [0.5, 0.6) is 5.75 Å². The van der Waals surface area contributed by atoms with Crippen LogP contribution < -0.4 is 5.73 Å². The van der Waals surface area contributed by atoms with E-state index in [4.69, 9.17) is 10.5 Å². The number of rotatable bonds is 2. The molecule has 0 saturated heterocycles. The number of carbonyl (C=O) groups excluding carboxylic acids is 2. The molecule has 7 nitrogen and oxygen atoms in total. The zero-order chi connectivity index (χ0) is 19.3. The fraction of sp³-hybridized carbons (Fsp3) is 0.100. The van der Waals surface area contributed by atoms with Crippen LogP contribution in [0.25, 0.3) is 32.8 Å². The minimum Gasteiger partial charge on any atom is -0.506 e. The van der Waals surface area contributed by atoms with Crippen LogP contribution in [-0.4, -0.2) is 34.1 Å². The molecule has 1 heterocycles. The van der Waals surface area contributed by atoms with Gasteiger partial charge in [0.25, 0.3) is 5.91 Å². The fourth-order valence-electron chi connectivity index (χ4n) is 3.28. The molecule has 27 heavy (non-hydrogen) atoms. The zero-order valence-corrected chi connectivity index (χ0v) is 14.6. The number of aryl methyl sites for hydroxylation is 1. The Morgan fingerprint density at radius 1 is 1.04 bits per heavy atom. The molecule has 0 unspecified atom stereocenters. The van der Waals surface area contributed by atoms with Crippen molar-refractivity contribution in [2.45, 2.75) is 6.92 Å². The van der Waals surface area contributed by atoms with Crippen molar-refractivity contribution in [2.75, 3.05) is 7.11 Å². The third-order valence-electron chi connectivity index (χ3n) is 4.57. The maximum atomic E-state index is 12.0. The highest BCUT2D eigenvalue weighted by Gasteiger charge is 2.21. The van der Waals surface area contributed by atoms with Crippen LogP contribution in [0.3, 0.4) is 0 Å². The molecule has 3 N–H and O–H groups in total. The van der Waals surface area contributed by atoms with Gasteiger partial charge in [-0.3, -0.25) is 4.79 Å². The van der Waals surface area contributed by atoms with Crippen LogP contribution in [0.1, 0.15) is 26.3 Å². The van der Waals surface area contributed by atoms with Gasteiger partial charge in [-0.15, -0.1) is 0 Å². The number of benzene rings is 3. The first-order valence-corrected chi connectivity index (χ1v) is 8.16. The van der Waals surface area contributed by atoms with Gasteiger partial charge in [-0.05, 0) is 24.6 Å².